The molecule has 1 aromatic heterocycles. The highest BCUT2D eigenvalue weighted by atomic mass is 32.2. The third-order valence-electron chi connectivity index (χ3n) is 1.62. The molecule has 0 atom stereocenters. The molecule has 0 bridgehead atoms. The highest BCUT2D eigenvalue weighted by Crippen LogP contribution is 2.03. The summed E-state index contributed by atoms with van der Waals surface area (Å²) in [7, 11) is -1.84. The maximum Gasteiger partial charge on any atom is 0.259 e. The zero-order valence-corrected chi connectivity index (χ0v) is 9.81. The van der Waals surface area contributed by atoms with Gasteiger partial charge in [0.15, 0.2) is 5.03 Å². The van der Waals surface area contributed by atoms with E-state index in [9.17, 15) is 8.42 Å². The Balaban J connectivity index is 2.64. The number of nitrogens with two attached hydrogens (primary N) is 1. The van der Waals surface area contributed by atoms with Gasteiger partial charge in [-0.15, -0.1) is 0 Å². The predicted octanol–water partition coefficient (Wildman–Crippen LogP) is -0.625. The van der Waals surface area contributed by atoms with Crippen molar-refractivity contribution in [3.8, 4) is 0 Å². The number of sulfonamides is 1. The smallest absolute Gasteiger partial charge is 0.259 e. The molecule has 0 amide bonds. The summed E-state index contributed by atoms with van der Waals surface area (Å²) in [6, 6.07) is 0. The van der Waals surface area contributed by atoms with Crippen LogP contribution in [0.25, 0.3) is 0 Å². The first-order valence-corrected chi connectivity index (χ1v) is 6.07. The lowest BCUT2D eigenvalue weighted by Crippen LogP contribution is -2.27. The van der Waals surface area contributed by atoms with Crippen LogP contribution in [0.5, 0.6) is 0 Å². The van der Waals surface area contributed by atoms with E-state index in [1.807, 2.05) is 0 Å². The fraction of sp³-hybridized carbons (Fsp3) is 0.429. The van der Waals surface area contributed by atoms with Crippen LogP contribution in [-0.2, 0) is 17.1 Å². The van der Waals surface area contributed by atoms with E-state index in [4.69, 9.17) is 5.73 Å². The van der Waals surface area contributed by atoms with Crippen LogP contribution in [0.3, 0.4) is 0 Å². The number of hydrogen-bond acceptors (Lipinski definition) is 4. The Morgan fingerprint density at radius 2 is 2.40 bits per heavy atom. The Labute approximate surface area is 93.5 Å². The Kier molecular flexibility index (Phi) is 3.77. The van der Waals surface area contributed by atoms with E-state index in [1.165, 1.54) is 12.5 Å². The second kappa shape index (κ2) is 4.69. The quantitative estimate of drug-likeness (QED) is 0.677. The van der Waals surface area contributed by atoms with Gasteiger partial charge in [0, 0.05) is 26.2 Å². The summed E-state index contributed by atoms with van der Waals surface area (Å²) in [5, 5.41) is -0.00654. The number of aromatic nitrogens is 2. The van der Waals surface area contributed by atoms with Gasteiger partial charge in [0.1, 0.15) is 0 Å². The van der Waals surface area contributed by atoms with Gasteiger partial charge in [0.2, 0.25) is 0 Å². The molecule has 0 aliphatic heterocycles. The van der Waals surface area contributed by atoms with E-state index in [2.05, 4.69) is 21.9 Å². The van der Waals surface area contributed by atoms with Crippen molar-refractivity contribution >= 4 is 27.2 Å². The zero-order chi connectivity index (χ0) is 11.5. The molecule has 0 radical (unpaired) electrons. The third kappa shape index (κ3) is 3.57. The molecule has 1 rings (SSSR count). The van der Waals surface area contributed by atoms with Crippen molar-refractivity contribution in [2.75, 3.05) is 6.54 Å². The molecule has 6 nitrogen and oxygen atoms in total. The van der Waals surface area contributed by atoms with Gasteiger partial charge in [0.25, 0.3) is 10.0 Å². The van der Waals surface area contributed by atoms with Crippen molar-refractivity contribution < 1.29 is 8.42 Å². The second-order valence-corrected chi connectivity index (χ2v) is 5.23. The topological polar surface area (TPSA) is 90.0 Å². The third-order valence-corrected chi connectivity index (χ3v) is 3.17. The molecular formula is C7H12N4O2S2. The number of nitrogens with zero attached hydrogens (tertiary/aromatic N) is 2. The van der Waals surface area contributed by atoms with Crippen molar-refractivity contribution in [2.45, 2.75) is 11.4 Å². The maximum absolute atomic E-state index is 11.6. The van der Waals surface area contributed by atoms with Crippen LogP contribution >= 0.6 is 12.2 Å². The molecule has 0 saturated heterocycles. The number of aryl methyl sites for hydroxylation is 1. The van der Waals surface area contributed by atoms with Crippen molar-refractivity contribution in [1.82, 2.24) is 14.3 Å². The van der Waals surface area contributed by atoms with Crippen LogP contribution in [-0.4, -0.2) is 29.5 Å². The second-order valence-electron chi connectivity index (χ2n) is 2.99. The van der Waals surface area contributed by atoms with Gasteiger partial charge >= 0.3 is 0 Å². The Bertz CT molecular complexity index is 451. The van der Waals surface area contributed by atoms with Gasteiger partial charge in [0.05, 0.1) is 11.3 Å². The summed E-state index contributed by atoms with van der Waals surface area (Å²) >= 11 is 4.63. The van der Waals surface area contributed by atoms with Gasteiger partial charge in [-0.1, -0.05) is 12.2 Å². The van der Waals surface area contributed by atoms with Crippen molar-refractivity contribution in [1.29, 1.82) is 0 Å². The summed E-state index contributed by atoms with van der Waals surface area (Å²) in [6.07, 6.45) is 3.17. The lowest BCUT2D eigenvalue weighted by molar-refractivity contribution is 0.579. The van der Waals surface area contributed by atoms with Crippen LogP contribution in [0.15, 0.2) is 17.6 Å². The highest BCUT2D eigenvalue weighted by Gasteiger charge is 2.15. The summed E-state index contributed by atoms with van der Waals surface area (Å²) in [5.74, 6) is 0. The average Bonchev–Trinajstić information content (AvgIpc) is 2.51. The molecular weight excluding hydrogens is 236 g/mol. The number of nitrogens with one attached hydrogen (secondary N) is 1. The van der Waals surface area contributed by atoms with Crippen molar-refractivity contribution in [3.63, 3.8) is 0 Å². The zero-order valence-electron chi connectivity index (χ0n) is 8.17. The van der Waals surface area contributed by atoms with Gasteiger partial charge in [-0.05, 0) is 0 Å². The summed E-state index contributed by atoms with van der Waals surface area (Å²) in [4.78, 5) is 4.01. The molecule has 0 saturated carbocycles. The SMILES string of the molecule is Cn1cnc(S(=O)(=O)NCCC(N)=S)c1. The lowest BCUT2D eigenvalue weighted by Gasteiger charge is -2.02. The molecule has 0 fully saturated rings. The number of hydrogen-bond donors (Lipinski definition) is 2. The average molecular weight is 248 g/mol. The number of rotatable bonds is 5. The monoisotopic (exact) mass is 248 g/mol. The molecule has 0 spiro atoms. The summed E-state index contributed by atoms with van der Waals surface area (Å²) < 4.78 is 27.0. The molecule has 8 heteroatoms. The predicted molar refractivity (Wildman–Crippen MR) is 59.8 cm³/mol. The van der Waals surface area contributed by atoms with Gasteiger partial charge in [-0.25, -0.2) is 18.1 Å². The van der Waals surface area contributed by atoms with Crippen LogP contribution in [0.2, 0.25) is 0 Å². The normalized spacial score (nSPS) is 11.5. The van der Waals surface area contributed by atoms with E-state index in [0.29, 0.717) is 6.42 Å². The maximum atomic E-state index is 11.6. The van der Waals surface area contributed by atoms with Gasteiger partial charge in [-0.3, -0.25) is 0 Å². The molecule has 0 aliphatic rings. The van der Waals surface area contributed by atoms with E-state index in [1.54, 1.807) is 11.6 Å². The van der Waals surface area contributed by atoms with Crippen LogP contribution in [0.1, 0.15) is 6.42 Å². The Morgan fingerprint density at radius 1 is 1.73 bits per heavy atom. The molecule has 1 aromatic rings. The van der Waals surface area contributed by atoms with E-state index in [-0.39, 0.29) is 16.6 Å². The van der Waals surface area contributed by atoms with E-state index in [0.717, 1.165) is 0 Å². The minimum atomic E-state index is -3.53. The first-order chi connectivity index (χ1) is 6.92. The number of imidazole rings is 1. The van der Waals surface area contributed by atoms with E-state index >= 15 is 0 Å². The van der Waals surface area contributed by atoms with E-state index < -0.39 is 10.0 Å². The first kappa shape index (κ1) is 12.1. The minimum absolute atomic E-state index is 0.00654. The lowest BCUT2D eigenvalue weighted by atomic mass is 10.4. The van der Waals surface area contributed by atoms with Gasteiger partial charge in [-0.2, -0.15) is 0 Å². The Hall–Kier alpha value is -0.990. The summed E-state index contributed by atoms with van der Waals surface area (Å²) in [6.45, 7) is 0.189. The van der Waals surface area contributed by atoms with Gasteiger partial charge < -0.3 is 10.3 Å². The summed E-state index contributed by atoms with van der Waals surface area (Å²) in [5.41, 5.74) is 5.24. The largest absolute Gasteiger partial charge is 0.393 e. The van der Waals surface area contributed by atoms with Crippen molar-refractivity contribution in [3.05, 3.63) is 12.5 Å². The molecule has 3 N–H and O–H groups in total. The first-order valence-electron chi connectivity index (χ1n) is 4.18. The molecule has 15 heavy (non-hydrogen) atoms. The Morgan fingerprint density at radius 3 is 2.87 bits per heavy atom. The number of thiocarbonyl (C=S) groups is 1. The molecule has 0 aromatic carbocycles. The van der Waals surface area contributed by atoms with Crippen LogP contribution < -0.4 is 10.5 Å². The minimum Gasteiger partial charge on any atom is -0.393 e. The molecule has 0 unspecified atom stereocenters. The van der Waals surface area contributed by atoms with Crippen molar-refractivity contribution in [2.24, 2.45) is 12.8 Å². The fourth-order valence-corrected chi connectivity index (χ4v) is 2.02. The molecule has 1 heterocycles. The fourth-order valence-electron chi connectivity index (χ4n) is 0.910. The van der Waals surface area contributed by atoms with Crippen LogP contribution in [0.4, 0.5) is 0 Å². The standard InChI is InChI=1S/C7H12N4O2S2/c1-11-4-7(9-5-11)15(12,13)10-3-2-6(8)14/h4-5,10H,2-3H2,1H3,(H2,8,14). The molecule has 0 aliphatic carbocycles. The molecule has 84 valence electrons. The van der Waals surface area contributed by atoms with Crippen LogP contribution in [0, 0.1) is 0 Å². The highest BCUT2D eigenvalue weighted by molar-refractivity contribution is 7.89.